The number of aliphatic hydroxyl groups excluding tert-OH is 1. The summed E-state index contributed by atoms with van der Waals surface area (Å²) in [6.45, 7) is 1.26. The van der Waals surface area contributed by atoms with Gasteiger partial charge in [-0.25, -0.2) is 4.98 Å². The molecule has 1 N–H and O–H groups in total. The van der Waals surface area contributed by atoms with Crippen LogP contribution < -0.4 is 0 Å². The van der Waals surface area contributed by atoms with E-state index in [4.69, 9.17) is 16.0 Å². The van der Waals surface area contributed by atoms with Gasteiger partial charge in [-0.2, -0.15) is 0 Å². The van der Waals surface area contributed by atoms with Gasteiger partial charge in [0.25, 0.3) is 0 Å². The van der Waals surface area contributed by atoms with Gasteiger partial charge in [-0.3, -0.25) is 4.79 Å². The third kappa shape index (κ3) is 4.55. The second-order valence-electron chi connectivity index (χ2n) is 7.57. The Morgan fingerprint density at radius 1 is 1.27 bits per heavy atom. The molecule has 9 heteroatoms. The van der Waals surface area contributed by atoms with E-state index >= 15 is 0 Å². The Morgan fingerprint density at radius 3 is 2.67 bits per heavy atom. The van der Waals surface area contributed by atoms with Crippen LogP contribution in [0.25, 0.3) is 11.5 Å². The van der Waals surface area contributed by atoms with E-state index in [1.807, 2.05) is 34.8 Å². The lowest BCUT2D eigenvalue weighted by molar-refractivity contribution is -0.133. The van der Waals surface area contributed by atoms with Crippen LogP contribution in [0.4, 0.5) is 0 Å². The van der Waals surface area contributed by atoms with Crippen molar-refractivity contribution >= 4 is 17.5 Å². The maximum atomic E-state index is 12.6. The van der Waals surface area contributed by atoms with Crippen molar-refractivity contribution in [3.8, 4) is 11.5 Å². The smallest absolute Gasteiger partial charge is 0.247 e. The number of amides is 1. The Morgan fingerprint density at radius 2 is 2.00 bits per heavy atom. The van der Waals surface area contributed by atoms with E-state index in [-0.39, 0.29) is 11.8 Å². The number of nitrogens with zero attached hydrogens (tertiary/aromatic N) is 5. The molecule has 3 heterocycles. The van der Waals surface area contributed by atoms with E-state index in [2.05, 4.69) is 15.2 Å². The quantitative estimate of drug-likeness (QED) is 0.646. The number of aliphatic hydroxyl groups is 1. The Bertz CT molecular complexity index is 992. The van der Waals surface area contributed by atoms with Crippen LogP contribution in [0.3, 0.4) is 0 Å². The number of hydrogen-bond donors (Lipinski definition) is 1. The predicted octanol–water partition coefficient (Wildman–Crippen LogP) is 3.03. The largest absolute Gasteiger partial charge is 0.421 e. The van der Waals surface area contributed by atoms with Crippen LogP contribution in [-0.2, 0) is 18.3 Å². The van der Waals surface area contributed by atoms with Crippen LogP contribution in [0.5, 0.6) is 0 Å². The molecule has 1 saturated heterocycles. The fourth-order valence-electron chi connectivity index (χ4n) is 3.77. The van der Waals surface area contributed by atoms with Crippen molar-refractivity contribution in [3.05, 3.63) is 53.4 Å². The molecule has 1 atom stereocenters. The van der Waals surface area contributed by atoms with E-state index in [1.165, 1.54) is 0 Å². The molecule has 0 spiro atoms. The molecule has 4 rings (SSSR count). The Labute approximate surface area is 179 Å². The molecule has 3 aromatic rings. The fourth-order valence-corrected chi connectivity index (χ4v) is 3.90. The first-order valence-corrected chi connectivity index (χ1v) is 10.4. The standard InChI is InChI=1S/C21H24ClN5O3/c1-26-13-10-23-20(26)19(29)14-8-11-27(12-9-14)18(28)7-6-17-24-25-21(30-17)15-2-4-16(22)5-3-15/h2-5,10,13-14,19,29H,6-9,11-12H2,1H3. The summed E-state index contributed by atoms with van der Waals surface area (Å²) >= 11 is 5.89. The van der Waals surface area contributed by atoms with Crippen molar-refractivity contribution in [2.24, 2.45) is 13.0 Å². The van der Waals surface area contributed by atoms with Gasteiger partial charge >= 0.3 is 0 Å². The molecule has 158 valence electrons. The second-order valence-corrected chi connectivity index (χ2v) is 8.00. The topological polar surface area (TPSA) is 97.3 Å². The normalized spacial score (nSPS) is 16.0. The lowest BCUT2D eigenvalue weighted by Gasteiger charge is -2.34. The minimum absolute atomic E-state index is 0.0613. The molecule has 1 unspecified atom stereocenters. The SMILES string of the molecule is Cn1ccnc1C(O)C1CCN(C(=O)CCc2nnc(-c3ccc(Cl)cc3)o2)CC1. The summed E-state index contributed by atoms with van der Waals surface area (Å²) in [6.07, 6.45) is 5.12. The minimum atomic E-state index is -0.605. The number of likely N-dealkylation sites (tertiary alicyclic amines) is 1. The molecule has 1 amide bonds. The van der Waals surface area contributed by atoms with Gasteiger partial charge in [-0.15, -0.1) is 10.2 Å². The van der Waals surface area contributed by atoms with Crippen LogP contribution >= 0.6 is 11.6 Å². The van der Waals surface area contributed by atoms with Crippen LogP contribution in [0, 0.1) is 5.92 Å². The highest BCUT2D eigenvalue weighted by molar-refractivity contribution is 6.30. The molecule has 1 aromatic carbocycles. The third-order valence-electron chi connectivity index (χ3n) is 5.57. The lowest BCUT2D eigenvalue weighted by Crippen LogP contribution is -2.40. The molecule has 0 saturated carbocycles. The van der Waals surface area contributed by atoms with Gasteiger partial charge in [0.2, 0.25) is 17.7 Å². The average Bonchev–Trinajstić information content (AvgIpc) is 3.41. The Balaban J connectivity index is 1.26. The van der Waals surface area contributed by atoms with Gasteiger partial charge < -0.3 is 19.0 Å². The summed E-state index contributed by atoms with van der Waals surface area (Å²) in [4.78, 5) is 18.7. The lowest BCUT2D eigenvalue weighted by atomic mass is 9.90. The van der Waals surface area contributed by atoms with Crippen molar-refractivity contribution in [2.75, 3.05) is 13.1 Å². The van der Waals surface area contributed by atoms with Crippen molar-refractivity contribution in [3.63, 3.8) is 0 Å². The van der Waals surface area contributed by atoms with Crippen LogP contribution in [-0.4, -0.2) is 48.8 Å². The highest BCUT2D eigenvalue weighted by atomic mass is 35.5. The zero-order valence-electron chi connectivity index (χ0n) is 16.7. The van der Waals surface area contributed by atoms with E-state index < -0.39 is 6.10 Å². The summed E-state index contributed by atoms with van der Waals surface area (Å²) in [7, 11) is 1.88. The molecular formula is C21H24ClN5O3. The Hall–Kier alpha value is -2.71. The highest BCUT2D eigenvalue weighted by Crippen LogP contribution is 2.30. The first-order chi connectivity index (χ1) is 14.5. The summed E-state index contributed by atoms with van der Waals surface area (Å²) < 4.78 is 7.51. The second kappa shape index (κ2) is 8.97. The average molecular weight is 430 g/mol. The monoisotopic (exact) mass is 429 g/mol. The predicted molar refractivity (Wildman–Crippen MR) is 111 cm³/mol. The summed E-state index contributed by atoms with van der Waals surface area (Å²) in [5, 5.41) is 19.3. The van der Waals surface area contributed by atoms with Crippen molar-refractivity contribution < 1.29 is 14.3 Å². The van der Waals surface area contributed by atoms with Crippen molar-refractivity contribution in [1.82, 2.24) is 24.6 Å². The number of benzene rings is 1. The van der Waals surface area contributed by atoms with Gasteiger partial charge in [0, 0.05) is 56.0 Å². The highest BCUT2D eigenvalue weighted by Gasteiger charge is 2.30. The zero-order valence-corrected chi connectivity index (χ0v) is 17.5. The molecule has 1 fully saturated rings. The van der Waals surface area contributed by atoms with E-state index in [1.54, 1.807) is 18.3 Å². The number of hydrogen-bond acceptors (Lipinski definition) is 6. The van der Waals surface area contributed by atoms with Gasteiger partial charge in [0.05, 0.1) is 0 Å². The molecule has 0 radical (unpaired) electrons. The molecular weight excluding hydrogens is 406 g/mol. The summed E-state index contributed by atoms with van der Waals surface area (Å²) in [6, 6.07) is 7.15. The maximum Gasteiger partial charge on any atom is 0.247 e. The molecule has 2 aromatic heterocycles. The molecule has 1 aliphatic rings. The van der Waals surface area contributed by atoms with Crippen molar-refractivity contribution in [1.29, 1.82) is 0 Å². The number of piperidine rings is 1. The van der Waals surface area contributed by atoms with Gasteiger partial charge in [-0.1, -0.05) is 11.6 Å². The molecule has 0 bridgehead atoms. The van der Waals surface area contributed by atoms with Gasteiger partial charge in [0.1, 0.15) is 11.9 Å². The number of carbonyl (C=O) groups is 1. The number of halogens is 1. The van der Waals surface area contributed by atoms with Gasteiger partial charge in [0.15, 0.2) is 0 Å². The number of carbonyl (C=O) groups excluding carboxylic acids is 1. The third-order valence-corrected chi connectivity index (χ3v) is 5.82. The fraction of sp³-hybridized carbons (Fsp3) is 0.429. The Kier molecular flexibility index (Phi) is 6.15. The molecule has 8 nitrogen and oxygen atoms in total. The van der Waals surface area contributed by atoms with Gasteiger partial charge in [-0.05, 0) is 43.0 Å². The van der Waals surface area contributed by atoms with E-state index in [0.29, 0.717) is 48.6 Å². The zero-order chi connectivity index (χ0) is 21.1. The first-order valence-electron chi connectivity index (χ1n) is 10.0. The van der Waals surface area contributed by atoms with E-state index in [9.17, 15) is 9.90 Å². The first kappa shape index (κ1) is 20.6. The van der Waals surface area contributed by atoms with Crippen LogP contribution in [0.2, 0.25) is 5.02 Å². The molecule has 30 heavy (non-hydrogen) atoms. The van der Waals surface area contributed by atoms with E-state index in [0.717, 1.165) is 18.4 Å². The number of rotatable bonds is 6. The molecule has 0 aliphatic carbocycles. The summed E-state index contributed by atoms with van der Waals surface area (Å²) in [5.74, 6) is 1.69. The summed E-state index contributed by atoms with van der Waals surface area (Å²) in [5.41, 5.74) is 0.790. The number of aromatic nitrogens is 4. The minimum Gasteiger partial charge on any atom is -0.421 e. The molecule has 1 aliphatic heterocycles. The number of aryl methyl sites for hydroxylation is 2. The van der Waals surface area contributed by atoms with Crippen LogP contribution in [0.15, 0.2) is 41.1 Å². The number of imidazole rings is 1. The van der Waals surface area contributed by atoms with Crippen LogP contribution in [0.1, 0.15) is 37.1 Å². The maximum absolute atomic E-state index is 12.6. The van der Waals surface area contributed by atoms with Crippen molar-refractivity contribution in [2.45, 2.75) is 31.8 Å².